The van der Waals surface area contributed by atoms with E-state index >= 15 is 0 Å². The van der Waals surface area contributed by atoms with Gasteiger partial charge in [-0.3, -0.25) is 9.69 Å². The Bertz CT molecular complexity index is 1090. The number of hydrogen-bond acceptors (Lipinski definition) is 5. The zero-order chi connectivity index (χ0) is 19.9. The minimum absolute atomic E-state index is 0.137. The fourth-order valence-electron chi connectivity index (χ4n) is 3.09. The molecule has 0 bridgehead atoms. The summed E-state index contributed by atoms with van der Waals surface area (Å²) < 4.78 is 6.45. The second-order valence-corrected chi connectivity index (χ2v) is 7.67. The Morgan fingerprint density at radius 3 is 2.61 bits per heavy atom. The Labute approximate surface area is 173 Å². The lowest BCUT2D eigenvalue weighted by Crippen LogP contribution is -2.41. The molecule has 1 fully saturated rings. The van der Waals surface area contributed by atoms with E-state index in [2.05, 4.69) is 31.4 Å². The number of urea groups is 1. The first kappa shape index (κ1) is 18.6. The molecule has 2 heterocycles. The highest BCUT2D eigenvalue weighted by molar-refractivity contribution is 9.10. The van der Waals surface area contributed by atoms with E-state index in [0.29, 0.717) is 16.5 Å². The van der Waals surface area contributed by atoms with Crippen molar-refractivity contribution in [2.75, 3.05) is 0 Å². The van der Waals surface area contributed by atoms with Crippen molar-refractivity contribution in [1.29, 1.82) is 0 Å². The molecular formula is C19H14BrClN4O3. The number of nitrogens with one attached hydrogen (secondary N) is 1. The highest BCUT2D eigenvalue weighted by atomic mass is 79.9. The monoisotopic (exact) mass is 460 g/mol. The van der Waals surface area contributed by atoms with Crippen LogP contribution in [0.2, 0.25) is 5.02 Å². The van der Waals surface area contributed by atoms with E-state index in [-0.39, 0.29) is 12.4 Å². The summed E-state index contributed by atoms with van der Waals surface area (Å²) in [5.41, 5.74) is -0.0166. The smallest absolute Gasteiger partial charge is 0.325 e. The molecule has 0 saturated carbocycles. The van der Waals surface area contributed by atoms with Crippen LogP contribution >= 0.6 is 27.5 Å². The van der Waals surface area contributed by atoms with E-state index in [1.54, 1.807) is 31.2 Å². The molecule has 9 heteroatoms. The van der Waals surface area contributed by atoms with Crippen molar-refractivity contribution in [1.82, 2.24) is 20.4 Å². The van der Waals surface area contributed by atoms with Gasteiger partial charge >= 0.3 is 6.03 Å². The molecule has 4 rings (SSSR count). The zero-order valence-corrected chi connectivity index (χ0v) is 17.0. The number of amides is 3. The average Bonchev–Trinajstić information content (AvgIpc) is 3.22. The van der Waals surface area contributed by atoms with Crippen molar-refractivity contribution in [2.24, 2.45) is 0 Å². The second kappa shape index (κ2) is 7.03. The van der Waals surface area contributed by atoms with Gasteiger partial charge in [0, 0.05) is 15.1 Å². The van der Waals surface area contributed by atoms with Gasteiger partial charge in [-0.15, -0.1) is 10.2 Å². The van der Waals surface area contributed by atoms with Crippen LogP contribution in [0.3, 0.4) is 0 Å². The number of halogens is 2. The molecule has 0 radical (unpaired) electrons. The summed E-state index contributed by atoms with van der Waals surface area (Å²) in [6, 6.07) is 13.7. The number of nitrogens with zero attached hydrogens (tertiary/aromatic N) is 3. The molecule has 0 spiro atoms. The van der Waals surface area contributed by atoms with Crippen LogP contribution < -0.4 is 5.32 Å². The van der Waals surface area contributed by atoms with Gasteiger partial charge in [0.05, 0.1) is 5.56 Å². The summed E-state index contributed by atoms with van der Waals surface area (Å²) >= 11 is 9.66. The van der Waals surface area contributed by atoms with Crippen molar-refractivity contribution in [2.45, 2.75) is 19.0 Å². The van der Waals surface area contributed by atoms with Gasteiger partial charge in [-0.25, -0.2) is 4.79 Å². The highest BCUT2D eigenvalue weighted by Crippen LogP contribution is 2.34. The van der Waals surface area contributed by atoms with Crippen LogP contribution in [0.4, 0.5) is 4.79 Å². The quantitative estimate of drug-likeness (QED) is 0.591. The summed E-state index contributed by atoms with van der Waals surface area (Å²) in [6.45, 7) is 1.48. The van der Waals surface area contributed by atoms with E-state index in [4.69, 9.17) is 16.0 Å². The van der Waals surface area contributed by atoms with Gasteiger partial charge in [0.25, 0.3) is 5.91 Å². The van der Waals surface area contributed by atoms with Gasteiger partial charge in [-0.05, 0) is 41.1 Å². The molecule has 3 amide bonds. The third-order valence-electron chi connectivity index (χ3n) is 4.55. The Kier molecular flexibility index (Phi) is 4.68. The molecule has 1 saturated heterocycles. The first-order valence-electron chi connectivity index (χ1n) is 8.36. The fraction of sp³-hybridized carbons (Fsp3) is 0.158. The normalized spacial score (nSPS) is 19.2. The predicted octanol–water partition coefficient (Wildman–Crippen LogP) is 4.12. The molecule has 0 aliphatic carbocycles. The molecule has 142 valence electrons. The Hall–Kier alpha value is -2.71. The minimum Gasteiger partial charge on any atom is -0.419 e. The van der Waals surface area contributed by atoms with Crippen LogP contribution in [0.5, 0.6) is 0 Å². The minimum atomic E-state index is -1.26. The van der Waals surface area contributed by atoms with E-state index in [9.17, 15) is 9.59 Å². The van der Waals surface area contributed by atoms with Crippen LogP contribution in [-0.2, 0) is 16.9 Å². The van der Waals surface area contributed by atoms with E-state index in [0.717, 1.165) is 14.9 Å². The van der Waals surface area contributed by atoms with Crippen LogP contribution in [0.1, 0.15) is 18.4 Å². The standard InChI is InChI=1S/C19H14BrClN4O3/c1-19(12-7-3-5-9-14(12)21)17(26)25(18(27)22-19)10-15-23-24-16(28-15)11-6-2-4-8-13(11)20/h2-9H,10H2,1H3,(H,22,27)/t19-/m0/s1. The summed E-state index contributed by atoms with van der Waals surface area (Å²) in [7, 11) is 0. The van der Waals surface area contributed by atoms with Crippen LogP contribution in [0.15, 0.2) is 57.4 Å². The number of benzene rings is 2. The number of carbonyl (C=O) groups is 2. The van der Waals surface area contributed by atoms with E-state index in [1.807, 2.05) is 24.3 Å². The van der Waals surface area contributed by atoms with Crippen molar-refractivity contribution >= 4 is 39.5 Å². The molecule has 28 heavy (non-hydrogen) atoms. The molecule has 1 N–H and O–H groups in total. The first-order valence-corrected chi connectivity index (χ1v) is 9.53. The molecule has 2 aromatic carbocycles. The third kappa shape index (κ3) is 3.08. The lowest BCUT2D eigenvalue weighted by Gasteiger charge is -2.23. The molecule has 7 nitrogen and oxygen atoms in total. The molecule has 1 aromatic heterocycles. The number of imide groups is 1. The topological polar surface area (TPSA) is 88.3 Å². The highest BCUT2D eigenvalue weighted by Gasteiger charge is 2.50. The molecule has 1 aliphatic heterocycles. The number of hydrogen-bond donors (Lipinski definition) is 1. The van der Waals surface area contributed by atoms with E-state index < -0.39 is 17.5 Å². The molecule has 0 unspecified atom stereocenters. The maximum atomic E-state index is 13.0. The van der Waals surface area contributed by atoms with Crippen molar-refractivity contribution in [3.05, 3.63) is 69.5 Å². The number of aromatic nitrogens is 2. The Balaban J connectivity index is 1.60. The predicted molar refractivity (Wildman–Crippen MR) is 105 cm³/mol. The maximum Gasteiger partial charge on any atom is 0.325 e. The summed E-state index contributed by atoms with van der Waals surface area (Å²) in [5, 5.41) is 11.1. The average molecular weight is 462 g/mol. The van der Waals surface area contributed by atoms with Gasteiger partial charge < -0.3 is 9.73 Å². The molecular weight excluding hydrogens is 448 g/mol. The largest absolute Gasteiger partial charge is 0.419 e. The molecule has 1 atom stereocenters. The van der Waals surface area contributed by atoms with Gasteiger partial charge in [-0.2, -0.15) is 0 Å². The van der Waals surface area contributed by atoms with Gasteiger partial charge in [0.15, 0.2) is 0 Å². The van der Waals surface area contributed by atoms with Crippen molar-refractivity contribution < 1.29 is 14.0 Å². The lowest BCUT2D eigenvalue weighted by molar-refractivity contribution is -0.131. The van der Waals surface area contributed by atoms with E-state index in [1.165, 1.54) is 0 Å². The van der Waals surface area contributed by atoms with Crippen molar-refractivity contribution in [3.63, 3.8) is 0 Å². The number of rotatable bonds is 4. The Morgan fingerprint density at radius 1 is 1.14 bits per heavy atom. The Morgan fingerprint density at radius 2 is 1.86 bits per heavy atom. The SMILES string of the molecule is C[C@@]1(c2ccccc2Cl)NC(=O)N(Cc2nnc(-c3ccccc3Br)o2)C1=O. The summed E-state index contributed by atoms with van der Waals surface area (Å²) in [6.07, 6.45) is 0. The summed E-state index contributed by atoms with van der Waals surface area (Å²) in [4.78, 5) is 26.5. The van der Waals surface area contributed by atoms with Crippen molar-refractivity contribution in [3.8, 4) is 11.5 Å². The summed E-state index contributed by atoms with van der Waals surface area (Å²) in [5.74, 6) is 0.00676. The van der Waals surface area contributed by atoms with Gasteiger partial charge in [0.2, 0.25) is 11.8 Å². The van der Waals surface area contributed by atoms with Crippen LogP contribution in [0, 0.1) is 0 Å². The zero-order valence-electron chi connectivity index (χ0n) is 14.6. The third-order valence-corrected chi connectivity index (χ3v) is 5.57. The van der Waals surface area contributed by atoms with Gasteiger partial charge in [0.1, 0.15) is 12.1 Å². The van der Waals surface area contributed by atoms with Crippen LogP contribution in [0.25, 0.3) is 11.5 Å². The van der Waals surface area contributed by atoms with Crippen LogP contribution in [-0.4, -0.2) is 27.0 Å². The molecule has 3 aromatic rings. The lowest BCUT2D eigenvalue weighted by atomic mass is 9.92. The second-order valence-electron chi connectivity index (χ2n) is 6.41. The number of carbonyl (C=O) groups excluding carboxylic acids is 2. The molecule has 1 aliphatic rings. The first-order chi connectivity index (χ1) is 13.4. The van der Waals surface area contributed by atoms with Gasteiger partial charge in [-0.1, -0.05) is 41.9 Å². The maximum absolute atomic E-state index is 13.0. The fourth-order valence-corrected chi connectivity index (χ4v) is 3.87.